The van der Waals surface area contributed by atoms with Gasteiger partial charge in [-0.15, -0.1) is 0 Å². The Morgan fingerprint density at radius 1 is 1.10 bits per heavy atom. The lowest BCUT2D eigenvalue weighted by Crippen LogP contribution is -2.56. The number of hydrogen-bond acceptors (Lipinski definition) is 5. The van der Waals surface area contributed by atoms with E-state index in [9.17, 15) is 14.9 Å². The Balaban J connectivity index is 1.36. The summed E-state index contributed by atoms with van der Waals surface area (Å²) >= 11 is 0. The Morgan fingerprint density at radius 3 is 2.14 bits per heavy atom. The van der Waals surface area contributed by atoms with Crippen molar-refractivity contribution in [2.24, 2.45) is 23.2 Å². The maximum atomic E-state index is 12.9. The minimum atomic E-state index is -0.337. The van der Waals surface area contributed by atoms with E-state index in [1.165, 1.54) is 45.6 Å². The van der Waals surface area contributed by atoms with Gasteiger partial charge in [0.15, 0.2) is 0 Å². The van der Waals surface area contributed by atoms with Gasteiger partial charge in [0.25, 0.3) is 5.91 Å². The summed E-state index contributed by atoms with van der Waals surface area (Å²) in [5, 5.41) is 12.7. The standard InChI is InChI=1S/C22H32N4O3/c1-15(22-10-16-7-17(11-22)9-18(8-16)12-22)24-20(27)19(13-23)14-25-3-5-26(6-4-25)21(28)29-2/h14-18H,3-12H2,1-2H3,(H,24,27)/b19-14-. The van der Waals surface area contributed by atoms with E-state index in [1.54, 1.807) is 11.1 Å². The second-order valence-electron chi connectivity index (χ2n) is 9.62. The molecule has 29 heavy (non-hydrogen) atoms. The highest BCUT2D eigenvalue weighted by molar-refractivity contribution is 5.97. The molecule has 1 N–H and O–H groups in total. The molecule has 1 aliphatic heterocycles. The number of hydrogen-bond donors (Lipinski definition) is 1. The van der Waals surface area contributed by atoms with Crippen LogP contribution >= 0.6 is 0 Å². The minimum Gasteiger partial charge on any atom is -0.453 e. The van der Waals surface area contributed by atoms with Gasteiger partial charge in [0.2, 0.25) is 0 Å². The van der Waals surface area contributed by atoms with Gasteiger partial charge in [-0.05, 0) is 68.6 Å². The van der Waals surface area contributed by atoms with Crippen LogP contribution < -0.4 is 5.32 Å². The van der Waals surface area contributed by atoms with E-state index in [2.05, 4.69) is 18.3 Å². The van der Waals surface area contributed by atoms with Crippen molar-refractivity contribution in [2.45, 2.75) is 51.5 Å². The number of nitrogens with one attached hydrogen (secondary N) is 1. The topological polar surface area (TPSA) is 85.7 Å². The Bertz CT molecular complexity index is 698. The fraction of sp³-hybridized carbons (Fsp3) is 0.773. The Hall–Kier alpha value is -2.23. The maximum Gasteiger partial charge on any atom is 0.409 e. The van der Waals surface area contributed by atoms with Crippen LogP contribution in [0.1, 0.15) is 45.4 Å². The van der Waals surface area contributed by atoms with Gasteiger partial charge >= 0.3 is 6.09 Å². The van der Waals surface area contributed by atoms with Crippen LogP contribution in [-0.4, -0.2) is 61.1 Å². The van der Waals surface area contributed by atoms with Crippen LogP contribution in [0, 0.1) is 34.5 Å². The highest BCUT2D eigenvalue weighted by atomic mass is 16.5. The number of nitrogens with zero attached hydrogens (tertiary/aromatic N) is 3. The van der Waals surface area contributed by atoms with Gasteiger partial charge in [-0.1, -0.05) is 0 Å². The molecular weight excluding hydrogens is 368 g/mol. The normalized spacial score (nSPS) is 34.5. The van der Waals surface area contributed by atoms with Crippen LogP contribution in [0.2, 0.25) is 0 Å². The van der Waals surface area contributed by atoms with E-state index in [1.807, 2.05) is 4.90 Å². The summed E-state index contributed by atoms with van der Waals surface area (Å²) in [6.45, 7) is 4.34. The fourth-order valence-electron chi connectivity index (χ4n) is 6.62. The molecule has 0 aromatic heterocycles. The zero-order chi connectivity index (χ0) is 20.6. The number of nitriles is 1. The molecule has 1 unspecified atom stereocenters. The van der Waals surface area contributed by atoms with Crippen molar-refractivity contribution in [1.29, 1.82) is 5.26 Å². The minimum absolute atomic E-state index is 0.0938. The molecule has 4 bridgehead atoms. The van der Waals surface area contributed by atoms with Crippen molar-refractivity contribution < 1.29 is 14.3 Å². The van der Waals surface area contributed by atoms with Crippen LogP contribution in [-0.2, 0) is 9.53 Å². The van der Waals surface area contributed by atoms with E-state index >= 15 is 0 Å². The third kappa shape index (κ3) is 3.94. The molecule has 5 rings (SSSR count). The summed E-state index contributed by atoms with van der Waals surface area (Å²) < 4.78 is 4.75. The summed E-state index contributed by atoms with van der Waals surface area (Å²) in [6.07, 6.45) is 9.11. The molecule has 5 fully saturated rings. The first-order valence-electron chi connectivity index (χ1n) is 10.9. The van der Waals surface area contributed by atoms with E-state index < -0.39 is 0 Å². The van der Waals surface area contributed by atoms with Gasteiger partial charge in [-0.3, -0.25) is 4.79 Å². The Labute approximate surface area is 173 Å². The maximum absolute atomic E-state index is 12.9. The number of amides is 2. The first kappa shape index (κ1) is 20.1. The van der Waals surface area contributed by atoms with Crippen LogP contribution in [0.25, 0.3) is 0 Å². The number of ether oxygens (including phenoxy) is 1. The van der Waals surface area contributed by atoms with Gasteiger partial charge in [0.1, 0.15) is 11.6 Å². The second-order valence-corrected chi connectivity index (χ2v) is 9.62. The zero-order valence-corrected chi connectivity index (χ0v) is 17.5. The predicted octanol–water partition coefficient (Wildman–Crippen LogP) is 2.50. The first-order chi connectivity index (χ1) is 13.9. The summed E-state index contributed by atoms with van der Waals surface area (Å²) in [5.74, 6) is 2.22. The molecule has 5 aliphatic rings. The average Bonchev–Trinajstić information content (AvgIpc) is 2.70. The van der Waals surface area contributed by atoms with E-state index in [4.69, 9.17) is 4.74 Å². The van der Waals surface area contributed by atoms with Gasteiger partial charge in [-0.25, -0.2) is 4.79 Å². The number of carbonyl (C=O) groups is 2. The predicted molar refractivity (Wildman–Crippen MR) is 107 cm³/mol. The SMILES string of the molecule is COC(=O)N1CCN(/C=C(/C#N)C(=O)NC(C)C23CC4CC(CC(C4)C2)C3)CC1. The second kappa shape index (κ2) is 7.89. The average molecular weight is 401 g/mol. The molecule has 158 valence electrons. The number of piperazine rings is 1. The van der Waals surface area contributed by atoms with Crippen LogP contribution in [0.3, 0.4) is 0 Å². The molecule has 1 heterocycles. The molecule has 2 amide bonds. The molecule has 0 radical (unpaired) electrons. The van der Waals surface area contributed by atoms with Crippen molar-refractivity contribution >= 4 is 12.0 Å². The van der Waals surface area contributed by atoms with Crippen LogP contribution in [0.4, 0.5) is 4.79 Å². The largest absolute Gasteiger partial charge is 0.453 e. The lowest BCUT2D eigenvalue weighted by atomic mass is 9.48. The molecular formula is C22H32N4O3. The zero-order valence-electron chi connectivity index (χ0n) is 17.5. The third-order valence-corrected chi connectivity index (χ3v) is 7.78. The molecule has 1 atom stereocenters. The third-order valence-electron chi connectivity index (χ3n) is 7.78. The van der Waals surface area contributed by atoms with Crippen molar-refractivity contribution in [1.82, 2.24) is 15.1 Å². The monoisotopic (exact) mass is 400 g/mol. The number of methoxy groups -OCH3 is 1. The Morgan fingerprint density at radius 2 is 1.66 bits per heavy atom. The first-order valence-corrected chi connectivity index (χ1v) is 10.9. The smallest absolute Gasteiger partial charge is 0.409 e. The van der Waals surface area contributed by atoms with E-state index in [-0.39, 0.29) is 29.0 Å². The highest BCUT2D eigenvalue weighted by Crippen LogP contribution is 2.61. The van der Waals surface area contributed by atoms with Crippen molar-refractivity contribution in [3.05, 3.63) is 11.8 Å². The molecule has 7 nitrogen and oxygen atoms in total. The number of carbonyl (C=O) groups excluding carboxylic acids is 2. The quantitative estimate of drug-likeness (QED) is 0.579. The van der Waals surface area contributed by atoms with Crippen molar-refractivity contribution in [3.8, 4) is 6.07 Å². The van der Waals surface area contributed by atoms with Crippen molar-refractivity contribution in [2.75, 3.05) is 33.3 Å². The molecule has 4 saturated carbocycles. The fourth-order valence-corrected chi connectivity index (χ4v) is 6.62. The molecule has 1 saturated heterocycles. The number of rotatable bonds is 4. The van der Waals surface area contributed by atoms with Gasteiger partial charge < -0.3 is 19.9 Å². The van der Waals surface area contributed by atoms with Crippen LogP contribution in [0.15, 0.2) is 11.8 Å². The summed E-state index contributed by atoms with van der Waals surface area (Å²) in [7, 11) is 1.37. The summed E-state index contributed by atoms with van der Waals surface area (Å²) in [6, 6.07) is 2.17. The summed E-state index contributed by atoms with van der Waals surface area (Å²) in [4.78, 5) is 28.0. The summed E-state index contributed by atoms with van der Waals surface area (Å²) in [5.41, 5.74) is 0.366. The molecule has 7 heteroatoms. The van der Waals surface area contributed by atoms with Crippen LogP contribution in [0.5, 0.6) is 0 Å². The molecule has 0 spiro atoms. The van der Waals surface area contributed by atoms with E-state index in [0.717, 1.165) is 17.8 Å². The molecule has 0 aromatic carbocycles. The molecule has 4 aliphatic carbocycles. The van der Waals surface area contributed by atoms with Gasteiger partial charge in [0.05, 0.1) is 7.11 Å². The molecule has 0 aromatic rings. The highest BCUT2D eigenvalue weighted by Gasteiger charge is 2.53. The van der Waals surface area contributed by atoms with Gasteiger partial charge in [-0.2, -0.15) is 5.26 Å². The lowest BCUT2D eigenvalue weighted by Gasteiger charge is -2.59. The van der Waals surface area contributed by atoms with Crippen molar-refractivity contribution in [3.63, 3.8) is 0 Å². The van der Waals surface area contributed by atoms with Gasteiger partial charge in [0, 0.05) is 38.4 Å². The Kier molecular flexibility index (Phi) is 5.46. The lowest BCUT2D eigenvalue weighted by molar-refractivity contribution is -0.122. The van der Waals surface area contributed by atoms with E-state index in [0.29, 0.717) is 26.2 Å².